The van der Waals surface area contributed by atoms with E-state index in [9.17, 15) is 5.11 Å². The average molecular weight is 321 g/mol. The Morgan fingerprint density at radius 1 is 1.33 bits per heavy atom. The third-order valence-corrected chi connectivity index (χ3v) is 5.08. The fraction of sp³-hybridized carbons (Fsp3) is 0.294. The molecule has 2 atom stereocenters. The molecule has 3 rings (SSSR count). The Morgan fingerprint density at radius 3 is 2.90 bits per heavy atom. The highest BCUT2D eigenvalue weighted by Crippen LogP contribution is 2.37. The molecule has 0 amide bonds. The minimum atomic E-state index is -0.591. The predicted molar refractivity (Wildman–Crippen MR) is 87.4 cm³/mol. The van der Waals surface area contributed by atoms with Gasteiger partial charge in [0.15, 0.2) is 0 Å². The van der Waals surface area contributed by atoms with Gasteiger partial charge in [0, 0.05) is 20.7 Å². The molecule has 0 aromatic heterocycles. The van der Waals surface area contributed by atoms with E-state index in [0.29, 0.717) is 22.6 Å². The second kappa shape index (κ2) is 6.30. The summed E-state index contributed by atoms with van der Waals surface area (Å²) in [7, 11) is 0. The van der Waals surface area contributed by atoms with Crippen molar-refractivity contribution in [3.8, 4) is 5.75 Å². The normalized spacial score (nSPS) is 18.3. The van der Waals surface area contributed by atoms with Gasteiger partial charge in [-0.15, -0.1) is 11.8 Å². The molecule has 0 fully saturated rings. The zero-order valence-electron chi connectivity index (χ0n) is 11.8. The third kappa shape index (κ3) is 3.37. The lowest BCUT2D eigenvalue weighted by Crippen LogP contribution is -2.14. The van der Waals surface area contributed by atoms with Gasteiger partial charge in [0.1, 0.15) is 12.4 Å². The van der Waals surface area contributed by atoms with E-state index in [4.69, 9.17) is 16.3 Å². The van der Waals surface area contributed by atoms with E-state index in [1.165, 1.54) is 10.5 Å². The van der Waals surface area contributed by atoms with Crippen LogP contribution in [0.25, 0.3) is 0 Å². The number of ether oxygens (including phenoxy) is 1. The summed E-state index contributed by atoms with van der Waals surface area (Å²) in [6.45, 7) is 2.35. The van der Waals surface area contributed by atoms with E-state index in [1.54, 1.807) is 19.1 Å². The molecule has 2 aromatic carbocycles. The van der Waals surface area contributed by atoms with Gasteiger partial charge in [-0.25, -0.2) is 0 Å². The fourth-order valence-electron chi connectivity index (χ4n) is 2.51. The third-order valence-electron chi connectivity index (χ3n) is 3.56. The van der Waals surface area contributed by atoms with Crippen LogP contribution < -0.4 is 4.74 Å². The highest BCUT2D eigenvalue weighted by molar-refractivity contribution is 8.00. The number of rotatable bonds is 4. The van der Waals surface area contributed by atoms with Crippen molar-refractivity contribution in [2.75, 3.05) is 6.61 Å². The molecule has 1 unspecified atom stereocenters. The Bertz CT molecular complexity index is 617. The maximum atomic E-state index is 9.82. The van der Waals surface area contributed by atoms with Crippen molar-refractivity contribution in [1.82, 2.24) is 0 Å². The predicted octanol–water partition coefficient (Wildman–Crippen LogP) is 4.49. The molecule has 0 bridgehead atoms. The summed E-state index contributed by atoms with van der Waals surface area (Å²) in [4.78, 5) is 1.35. The van der Waals surface area contributed by atoms with Gasteiger partial charge in [-0.2, -0.15) is 0 Å². The van der Waals surface area contributed by atoms with E-state index in [0.717, 1.165) is 12.0 Å². The molecule has 2 aromatic rings. The van der Waals surface area contributed by atoms with Crippen molar-refractivity contribution in [2.45, 2.75) is 29.6 Å². The van der Waals surface area contributed by atoms with E-state index >= 15 is 0 Å². The van der Waals surface area contributed by atoms with Crippen molar-refractivity contribution >= 4 is 23.4 Å². The number of hydrogen-bond donors (Lipinski definition) is 1. The van der Waals surface area contributed by atoms with Gasteiger partial charge in [-0.05, 0) is 43.2 Å². The van der Waals surface area contributed by atoms with Crippen LogP contribution >= 0.6 is 23.4 Å². The largest absolute Gasteiger partial charge is 0.492 e. The van der Waals surface area contributed by atoms with Crippen LogP contribution in [0.5, 0.6) is 5.75 Å². The SMILES string of the molecule is C[C@@H](O)c1cc(Cl)ccc1OCC1Cc2ccccc2S1. The Balaban J connectivity index is 1.67. The van der Waals surface area contributed by atoms with Crippen molar-refractivity contribution in [2.24, 2.45) is 0 Å². The van der Waals surface area contributed by atoms with Gasteiger partial charge in [0.05, 0.1) is 6.10 Å². The van der Waals surface area contributed by atoms with Gasteiger partial charge in [0.25, 0.3) is 0 Å². The average Bonchev–Trinajstić information content (AvgIpc) is 2.88. The Labute approximate surface area is 134 Å². The van der Waals surface area contributed by atoms with Crippen LogP contribution in [0, 0.1) is 0 Å². The second-order valence-corrected chi connectivity index (χ2v) is 7.00. The minimum absolute atomic E-state index is 0.417. The van der Waals surface area contributed by atoms with Gasteiger partial charge < -0.3 is 9.84 Å². The zero-order chi connectivity index (χ0) is 14.8. The van der Waals surface area contributed by atoms with Crippen LogP contribution in [-0.4, -0.2) is 17.0 Å². The molecule has 21 heavy (non-hydrogen) atoms. The quantitative estimate of drug-likeness (QED) is 0.900. The summed E-state index contributed by atoms with van der Waals surface area (Å²) < 4.78 is 5.93. The maximum Gasteiger partial charge on any atom is 0.125 e. The number of thioether (sulfide) groups is 1. The number of halogens is 1. The zero-order valence-corrected chi connectivity index (χ0v) is 13.3. The molecule has 1 aliphatic rings. The number of fused-ring (bicyclic) bond motifs is 1. The molecule has 110 valence electrons. The van der Waals surface area contributed by atoms with Crippen molar-refractivity contribution in [1.29, 1.82) is 0 Å². The summed E-state index contributed by atoms with van der Waals surface area (Å²) in [5, 5.41) is 10.8. The topological polar surface area (TPSA) is 29.5 Å². The Hall–Kier alpha value is -1.16. The van der Waals surface area contributed by atoms with Gasteiger partial charge in [-0.3, -0.25) is 0 Å². The molecule has 2 nitrogen and oxygen atoms in total. The number of hydrogen-bond acceptors (Lipinski definition) is 3. The van der Waals surface area contributed by atoms with Crippen LogP contribution in [0.3, 0.4) is 0 Å². The highest BCUT2D eigenvalue weighted by atomic mass is 35.5. The van der Waals surface area contributed by atoms with Crippen LogP contribution in [0.2, 0.25) is 5.02 Å². The van der Waals surface area contributed by atoms with Gasteiger partial charge in [-0.1, -0.05) is 29.8 Å². The first-order valence-corrected chi connectivity index (χ1v) is 8.24. The molecule has 0 radical (unpaired) electrons. The standard InChI is InChI=1S/C17H17ClO2S/c1-11(19)15-9-13(18)6-7-16(15)20-10-14-8-12-4-2-3-5-17(12)21-14/h2-7,9,11,14,19H,8,10H2,1H3/t11-,14?/m1/s1. The Kier molecular flexibility index (Phi) is 4.43. The fourth-order valence-corrected chi connectivity index (χ4v) is 3.91. The molecule has 0 aliphatic carbocycles. The summed E-state index contributed by atoms with van der Waals surface area (Å²) in [5.74, 6) is 0.714. The number of aliphatic hydroxyl groups is 1. The summed E-state index contributed by atoms with van der Waals surface area (Å²) in [6, 6.07) is 13.9. The first-order valence-electron chi connectivity index (χ1n) is 6.98. The number of aliphatic hydroxyl groups excluding tert-OH is 1. The van der Waals surface area contributed by atoms with Crippen molar-refractivity contribution in [3.63, 3.8) is 0 Å². The smallest absolute Gasteiger partial charge is 0.125 e. The molecular weight excluding hydrogens is 304 g/mol. The lowest BCUT2D eigenvalue weighted by atomic mass is 10.1. The molecule has 1 aliphatic heterocycles. The van der Waals surface area contributed by atoms with Gasteiger partial charge in [0.2, 0.25) is 0 Å². The van der Waals surface area contributed by atoms with E-state index in [2.05, 4.69) is 24.3 Å². The summed E-state index contributed by atoms with van der Waals surface area (Å²) >= 11 is 7.84. The molecular formula is C17H17ClO2S. The van der Waals surface area contributed by atoms with E-state index < -0.39 is 6.10 Å². The summed E-state index contributed by atoms with van der Waals surface area (Å²) in [5.41, 5.74) is 2.13. The molecule has 0 saturated carbocycles. The van der Waals surface area contributed by atoms with Crippen LogP contribution in [0.1, 0.15) is 24.2 Å². The number of benzene rings is 2. The van der Waals surface area contributed by atoms with Gasteiger partial charge >= 0.3 is 0 Å². The first-order chi connectivity index (χ1) is 10.1. The lowest BCUT2D eigenvalue weighted by Gasteiger charge is -2.16. The van der Waals surface area contributed by atoms with Crippen molar-refractivity contribution in [3.05, 3.63) is 58.6 Å². The second-order valence-electron chi connectivity index (χ2n) is 5.22. The maximum absolute atomic E-state index is 9.82. The van der Waals surface area contributed by atoms with Crippen LogP contribution in [0.15, 0.2) is 47.4 Å². The molecule has 0 spiro atoms. The minimum Gasteiger partial charge on any atom is -0.492 e. The Morgan fingerprint density at radius 2 is 2.14 bits per heavy atom. The van der Waals surface area contributed by atoms with Crippen LogP contribution in [0.4, 0.5) is 0 Å². The molecule has 1 N–H and O–H groups in total. The van der Waals surface area contributed by atoms with Crippen LogP contribution in [-0.2, 0) is 6.42 Å². The van der Waals surface area contributed by atoms with E-state index in [-0.39, 0.29) is 0 Å². The monoisotopic (exact) mass is 320 g/mol. The molecule has 1 heterocycles. The molecule has 4 heteroatoms. The highest BCUT2D eigenvalue weighted by Gasteiger charge is 2.22. The van der Waals surface area contributed by atoms with E-state index in [1.807, 2.05) is 17.8 Å². The lowest BCUT2D eigenvalue weighted by molar-refractivity contribution is 0.191. The molecule has 0 saturated heterocycles. The summed E-state index contributed by atoms with van der Waals surface area (Å²) in [6.07, 6.45) is 0.436. The first kappa shape index (κ1) is 14.8. The van der Waals surface area contributed by atoms with Crippen molar-refractivity contribution < 1.29 is 9.84 Å².